The van der Waals surface area contributed by atoms with Gasteiger partial charge in [0.25, 0.3) is 5.91 Å². The number of hydrogen-bond donors (Lipinski definition) is 1. The maximum absolute atomic E-state index is 13.3. The van der Waals surface area contributed by atoms with Crippen molar-refractivity contribution in [3.05, 3.63) is 58.1 Å². The number of hydrogen-bond acceptors (Lipinski definition) is 4. The number of rotatable bonds is 11. The molecule has 2 atom stereocenters. The van der Waals surface area contributed by atoms with E-state index in [1.54, 1.807) is 12.0 Å². The minimum absolute atomic E-state index is 0.0285. The molecule has 0 fully saturated rings. The van der Waals surface area contributed by atoms with E-state index in [1.165, 1.54) is 0 Å². The van der Waals surface area contributed by atoms with Crippen LogP contribution in [0.3, 0.4) is 0 Å². The second-order valence-electron chi connectivity index (χ2n) is 8.27. The molecule has 7 heteroatoms. The van der Waals surface area contributed by atoms with E-state index in [1.807, 2.05) is 71.0 Å². The fourth-order valence-corrected chi connectivity index (χ4v) is 3.61. The summed E-state index contributed by atoms with van der Waals surface area (Å²) < 4.78 is 11.0. The molecule has 0 bridgehead atoms. The van der Waals surface area contributed by atoms with Gasteiger partial charge in [0.05, 0.1) is 7.11 Å². The third-order valence-corrected chi connectivity index (χ3v) is 6.27. The van der Waals surface area contributed by atoms with Gasteiger partial charge in [0, 0.05) is 17.6 Å². The lowest BCUT2D eigenvalue weighted by molar-refractivity contribution is -0.143. The van der Waals surface area contributed by atoms with Gasteiger partial charge in [0.1, 0.15) is 17.5 Å². The summed E-state index contributed by atoms with van der Waals surface area (Å²) >= 11 is 6.24. The van der Waals surface area contributed by atoms with Crippen molar-refractivity contribution in [1.29, 1.82) is 0 Å². The fraction of sp³-hybridized carbons (Fsp3) is 0.462. The van der Waals surface area contributed by atoms with Crippen LogP contribution in [0.4, 0.5) is 0 Å². The van der Waals surface area contributed by atoms with Gasteiger partial charge in [-0.2, -0.15) is 0 Å². The summed E-state index contributed by atoms with van der Waals surface area (Å²) in [4.78, 5) is 27.9. The van der Waals surface area contributed by atoms with E-state index in [9.17, 15) is 9.59 Å². The number of halogens is 1. The molecule has 2 unspecified atom stereocenters. The molecule has 6 nitrogen and oxygen atoms in total. The van der Waals surface area contributed by atoms with Crippen molar-refractivity contribution in [1.82, 2.24) is 10.2 Å². The molecule has 2 rings (SSSR count). The molecule has 0 aliphatic heterocycles. The number of carbonyl (C=O) groups excluding carboxylic acids is 2. The van der Waals surface area contributed by atoms with Crippen LogP contribution in [-0.4, -0.2) is 42.5 Å². The van der Waals surface area contributed by atoms with Crippen molar-refractivity contribution in [2.75, 3.05) is 13.7 Å². The number of amides is 2. The number of carbonyl (C=O) groups is 2. The molecule has 2 amide bonds. The average Bonchev–Trinajstić information content (AvgIpc) is 2.80. The summed E-state index contributed by atoms with van der Waals surface area (Å²) in [5.74, 6) is 0.883. The highest BCUT2D eigenvalue weighted by Crippen LogP contribution is 2.26. The molecule has 180 valence electrons. The molecule has 0 saturated carbocycles. The Labute approximate surface area is 202 Å². The average molecular weight is 475 g/mol. The van der Waals surface area contributed by atoms with Crippen LogP contribution in [0.25, 0.3) is 0 Å². The number of nitrogens with zero attached hydrogens (tertiary/aromatic N) is 1. The van der Waals surface area contributed by atoms with Crippen LogP contribution in [0.15, 0.2) is 36.4 Å². The van der Waals surface area contributed by atoms with Crippen molar-refractivity contribution in [2.45, 2.75) is 66.1 Å². The molecule has 0 aliphatic carbocycles. The molecule has 0 heterocycles. The zero-order valence-electron chi connectivity index (χ0n) is 20.4. The Balaban J connectivity index is 2.25. The van der Waals surface area contributed by atoms with E-state index in [2.05, 4.69) is 5.32 Å². The van der Waals surface area contributed by atoms with Crippen LogP contribution >= 0.6 is 11.6 Å². The van der Waals surface area contributed by atoms with E-state index in [0.717, 1.165) is 28.9 Å². The topological polar surface area (TPSA) is 67.9 Å². The minimum atomic E-state index is -0.606. The van der Waals surface area contributed by atoms with Crippen molar-refractivity contribution in [2.24, 2.45) is 0 Å². The molecule has 0 aliphatic rings. The van der Waals surface area contributed by atoms with Crippen LogP contribution in [0.1, 0.15) is 50.3 Å². The molecular formula is C26H35ClN2O4. The molecule has 0 spiro atoms. The predicted octanol–water partition coefficient (Wildman–Crippen LogP) is 5.07. The van der Waals surface area contributed by atoms with E-state index >= 15 is 0 Å². The Morgan fingerprint density at radius 2 is 1.64 bits per heavy atom. The number of benzene rings is 2. The van der Waals surface area contributed by atoms with Gasteiger partial charge in [-0.1, -0.05) is 37.6 Å². The zero-order chi connectivity index (χ0) is 24.5. The molecule has 2 aromatic carbocycles. The first-order valence-corrected chi connectivity index (χ1v) is 11.7. The summed E-state index contributed by atoms with van der Waals surface area (Å²) in [6.45, 7) is 9.77. The smallest absolute Gasteiger partial charge is 0.261 e. The van der Waals surface area contributed by atoms with Crippen LogP contribution in [0, 0.1) is 13.8 Å². The molecule has 0 radical (unpaired) electrons. The Hall–Kier alpha value is -2.73. The second-order valence-corrected chi connectivity index (χ2v) is 8.65. The van der Waals surface area contributed by atoms with Crippen LogP contribution in [-0.2, 0) is 16.1 Å². The van der Waals surface area contributed by atoms with E-state index in [4.69, 9.17) is 21.1 Å². The first kappa shape index (κ1) is 26.5. The highest BCUT2D eigenvalue weighted by Gasteiger charge is 2.29. The second kappa shape index (κ2) is 12.5. The van der Waals surface area contributed by atoms with Gasteiger partial charge in [-0.05, 0) is 74.6 Å². The molecule has 33 heavy (non-hydrogen) atoms. The van der Waals surface area contributed by atoms with Crippen LogP contribution in [0.5, 0.6) is 11.5 Å². The minimum Gasteiger partial charge on any atom is -0.497 e. The lowest BCUT2D eigenvalue weighted by Gasteiger charge is -2.31. The maximum atomic E-state index is 13.3. The van der Waals surface area contributed by atoms with Crippen molar-refractivity contribution < 1.29 is 19.1 Å². The van der Waals surface area contributed by atoms with Gasteiger partial charge >= 0.3 is 0 Å². The predicted molar refractivity (Wildman–Crippen MR) is 132 cm³/mol. The lowest BCUT2D eigenvalue weighted by atomic mass is 10.1. The SMILES string of the molecule is CCC(C)NC(=O)C(CC)N(Cc1ccc(OC)cc1)C(=O)COc1cc(C)c(Cl)c(C)c1. The first-order valence-electron chi connectivity index (χ1n) is 11.3. The van der Waals surface area contributed by atoms with Crippen LogP contribution < -0.4 is 14.8 Å². The molecular weight excluding hydrogens is 440 g/mol. The van der Waals surface area contributed by atoms with Gasteiger partial charge in [-0.3, -0.25) is 9.59 Å². The highest BCUT2D eigenvalue weighted by atomic mass is 35.5. The molecule has 1 N–H and O–H groups in total. The Bertz CT molecular complexity index is 923. The third kappa shape index (κ3) is 7.39. The van der Waals surface area contributed by atoms with Gasteiger partial charge in [-0.15, -0.1) is 0 Å². The summed E-state index contributed by atoms with van der Waals surface area (Å²) in [5, 5.41) is 3.69. The van der Waals surface area contributed by atoms with Gasteiger partial charge in [0.2, 0.25) is 5.91 Å². The zero-order valence-corrected chi connectivity index (χ0v) is 21.2. The number of nitrogens with one attached hydrogen (secondary N) is 1. The monoisotopic (exact) mass is 474 g/mol. The van der Waals surface area contributed by atoms with E-state index < -0.39 is 6.04 Å². The van der Waals surface area contributed by atoms with Crippen LogP contribution in [0.2, 0.25) is 5.02 Å². The Morgan fingerprint density at radius 3 is 2.15 bits per heavy atom. The largest absolute Gasteiger partial charge is 0.497 e. The highest BCUT2D eigenvalue weighted by molar-refractivity contribution is 6.32. The Morgan fingerprint density at radius 1 is 1.03 bits per heavy atom. The van der Waals surface area contributed by atoms with E-state index in [-0.39, 0.29) is 31.0 Å². The van der Waals surface area contributed by atoms with Gasteiger partial charge in [-0.25, -0.2) is 0 Å². The third-order valence-electron chi connectivity index (χ3n) is 5.67. The summed E-state index contributed by atoms with van der Waals surface area (Å²) in [7, 11) is 1.61. The number of aryl methyl sites for hydroxylation is 2. The first-order chi connectivity index (χ1) is 15.7. The molecule has 2 aromatic rings. The molecule has 0 saturated heterocycles. The lowest BCUT2D eigenvalue weighted by Crippen LogP contribution is -2.51. The van der Waals surface area contributed by atoms with Crippen molar-refractivity contribution in [3.63, 3.8) is 0 Å². The maximum Gasteiger partial charge on any atom is 0.261 e. The summed E-state index contributed by atoms with van der Waals surface area (Å²) in [6.07, 6.45) is 1.30. The van der Waals surface area contributed by atoms with Gasteiger partial charge < -0.3 is 19.7 Å². The quantitative estimate of drug-likeness (QED) is 0.494. The summed E-state index contributed by atoms with van der Waals surface area (Å²) in [5.41, 5.74) is 2.67. The van der Waals surface area contributed by atoms with E-state index in [0.29, 0.717) is 17.2 Å². The summed E-state index contributed by atoms with van der Waals surface area (Å²) in [6, 6.07) is 10.5. The normalized spacial score (nSPS) is 12.6. The molecule has 0 aromatic heterocycles. The standard InChI is InChI=1S/C26H35ClN2O4/c1-7-19(5)28-26(31)23(8-2)29(15-20-9-11-21(32-6)12-10-20)24(30)16-33-22-13-17(3)25(27)18(4)14-22/h9-14,19,23H,7-8,15-16H2,1-6H3,(H,28,31). The van der Waals surface area contributed by atoms with Crippen molar-refractivity contribution in [3.8, 4) is 11.5 Å². The van der Waals surface area contributed by atoms with Gasteiger partial charge in [0.15, 0.2) is 6.61 Å². The number of ether oxygens (including phenoxy) is 2. The van der Waals surface area contributed by atoms with Crippen molar-refractivity contribution >= 4 is 23.4 Å². The number of methoxy groups -OCH3 is 1. The Kier molecular flexibility index (Phi) is 10.0. The fourth-order valence-electron chi connectivity index (χ4n) is 3.51.